The number of nitrogens with one attached hydrogen (secondary N) is 1. The number of carboxylic acid groups (broad SMARTS) is 1. The van der Waals surface area contributed by atoms with Crippen LogP contribution in [-0.4, -0.2) is 59.0 Å². The highest BCUT2D eigenvalue weighted by Gasteiger charge is 2.40. The molecule has 0 rings (SSSR count). The van der Waals surface area contributed by atoms with Crippen LogP contribution in [0.1, 0.15) is 13.3 Å². The fourth-order valence-corrected chi connectivity index (χ4v) is 1.07. The van der Waals surface area contributed by atoms with Gasteiger partial charge >= 0.3 is 24.0 Å². The third-order valence-corrected chi connectivity index (χ3v) is 2.30. The van der Waals surface area contributed by atoms with Gasteiger partial charge in [0.1, 0.15) is 12.1 Å². The lowest BCUT2D eigenvalue weighted by Crippen LogP contribution is -2.47. The summed E-state index contributed by atoms with van der Waals surface area (Å²) in [6.45, 7) is 0.629. The number of nitrogens with two attached hydrogens (primary N) is 1. The minimum atomic E-state index is -5.22. The molecule has 0 unspecified atom stereocenters. The molecule has 0 fully saturated rings. The summed E-state index contributed by atoms with van der Waals surface area (Å²) in [5.74, 6) is -5.18. The molecule has 0 saturated heterocycles. The van der Waals surface area contributed by atoms with Gasteiger partial charge in [-0.25, -0.2) is 4.79 Å². The molecule has 1 amide bonds. The van der Waals surface area contributed by atoms with Gasteiger partial charge in [-0.15, -0.1) is 0 Å². The van der Waals surface area contributed by atoms with Crippen molar-refractivity contribution in [2.45, 2.75) is 37.7 Å². The average Bonchev–Trinajstić information content (AvgIpc) is 2.34. The van der Waals surface area contributed by atoms with Crippen molar-refractivity contribution >= 4 is 17.8 Å². The zero-order chi connectivity index (χ0) is 16.8. The molecule has 11 heteroatoms. The van der Waals surface area contributed by atoms with Crippen molar-refractivity contribution in [3.63, 3.8) is 0 Å². The van der Waals surface area contributed by atoms with E-state index in [0.29, 0.717) is 0 Å². The molecule has 5 N–H and O–H groups in total. The zero-order valence-corrected chi connectivity index (χ0v) is 10.9. The second-order valence-electron chi connectivity index (χ2n) is 4.08. The molecule has 8 nitrogen and oxygen atoms in total. The van der Waals surface area contributed by atoms with Crippen molar-refractivity contribution in [3.8, 4) is 0 Å². The van der Waals surface area contributed by atoms with Gasteiger partial charge in [-0.1, -0.05) is 0 Å². The monoisotopic (exact) mass is 316 g/mol. The summed E-state index contributed by atoms with van der Waals surface area (Å²) in [6, 6.07) is -3.24. The number of aliphatic hydroxyl groups excluding tert-OH is 1. The first-order valence-electron chi connectivity index (χ1n) is 5.67. The number of amides is 1. The molecule has 21 heavy (non-hydrogen) atoms. The number of hydrogen-bond donors (Lipinski definition) is 4. The number of aliphatic carboxylic acids is 1. The molecular formula is C10H15F3N2O6. The summed E-state index contributed by atoms with van der Waals surface area (Å²) in [7, 11) is 0. The van der Waals surface area contributed by atoms with Crippen molar-refractivity contribution in [2.24, 2.45) is 5.73 Å². The van der Waals surface area contributed by atoms with Crippen LogP contribution in [-0.2, 0) is 19.1 Å². The molecule has 0 aromatic carbocycles. The lowest BCUT2D eigenvalue weighted by Gasteiger charge is -2.17. The van der Waals surface area contributed by atoms with Crippen LogP contribution in [0.5, 0.6) is 0 Å². The van der Waals surface area contributed by atoms with Crippen LogP contribution in [0.2, 0.25) is 0 Å². The van der Waals surface area contributed by atoms with E-state index in [-0.39, 0.29) is 0 Å². The van der Waals surface area contributed by atoms with Crippen LogP contribution >= 0.6 is 0 Å². The molecule has 0 bridgehead atoms. The Balaban J connectivity index is 4.40. The van der Waals surface area contributed by atoms with Crippen LogP contribution in [0.15, 0.2) is 0 Å². The number of hydrogen-bond acceptors (Lipinski definition) is 6. The minimum absolute atomic E-state index is 0.588. The Morgan fingerprint density at radius 3 is 2.24 bits per heavy atom. The molecule has 0 aliphatic carbocycles. The van der Waals surface area contributed by atoms with Crippen molar-refractivity contribution in [2.75, 3.05) is 6.61 Å². The summed E-state index contributed by atoms with van der Waals surface area (Å²) >= 11 is 0. The first-order valence-corrected chi connectivity index (χ1v) is 5.67. The Hall–Kier alpha value is -1.88. The number of carbonyl (C=O) groups excluding carboxylic acids is 2. The fourth-order valence-electron chi connectivity index (χ4n) is 1.07. The van der Waals surface area contributed by atoms with Gasteiger partial charge in [-0.05, 0) is 6.92 Å². The maximum Gasteiger partial charge on any atom is 0.471 e. The van der Waals surface area contributed by atoms with Gasteiger partial charge in [-0.3, -0.25) is 9.59 Å². The van der Waals surface area contributed by atoms with E-state index in [1.54, 1.807) is 0 Å². The lowest BCUT2D eigenvalue weighted by atomic mass is 10.2. The van der Waals surface area contributed by atoms with Gasteiger partial charge in [-0.2, -0.15) is 13.2 Å². The molecule has 0 saturated carbocycles. The molecule has 0 heterocycles. The third-order valence-electron chi connectivity index (χ3n) is 2.30. The van der Waals surface area contributed by atoms with E-state index in [1.165, 1.54) is 12.2 Å². The molecule has 0 aliphatic rings. The van der Waals surface area contributed by atoms with Crippen LogP contribution in [0.3, 0.4) is 0 Å². The number of esters is 1. The third kappa shape index (κ3) is 6.90. The summed E-state index contributed by atoms with van der Waals surface area (Å²) in [5.41, 5.74) is 5.22. The zero-order valence-electron chi connectivity index (χ0n) is 10.9. The lowest BCUT2D eigenvalue weighted by molar-refractivity contribution is -0.175. The number of halogens is 3. The van der Waals surface area contributed by atoms with E-state index >= 15 is 0 Å². The van der Waals surface area contributed by atoms with Crippen LogP contribution < -0.4 is 11.1 Å². The summed E-state index contributed by atoms with van der Waals surface area (Å²) in [6.07, 6.45) is -7.02. The van der Waals surface area contributed by atoms with Gasteiger partial charge in [0.2, 0.25) is 0 Å². The van der Waals surface area contributed by atoms with Gasteiger partial charge in [0.05, 0.1) is 12.7 Å². The number of carbonyl (C=O) groups is 3. The highest BCUT2D eigenvalue weighted by Crippen LogP contribution is 2.14. The van der Waals surface area contributed by atoms with Crippen molar-refractivity contribution in [1.82, 2.24) is 5.32 Å². The molecular weight excluding hydrogens is 301 g/mol. The van der Waals surface area contributed by atoms with E-state index in [0.717, 1.165) is 0 Å². The summed E-state index contributed by atoms with van der Waals surface area (Å²) in [4.78, 5) is 32.5. The number of ether oxygens (including phenoxy) is 1. The van der Waals surface area contributed by atoms with E-state index in [2.05, 4.69) is 4.74 Å². The second kappa shape index (κ2) is 7.78. The van der Waals surface area contributed by atoms with Crippen LogP contribution in [0, 0.1) is 0 Å². The largest absolute Gasteiger partial charge is 0.480 e. The summed E-state index contributed by atoms with van der Waals surface area (Å²) in [5, 5.41) is 18.9. The minimum Gasteiger partial charge on any atom is -0.480 e. The maximum absolute atomic E-state index is 12.0. The number of rotatable bonds is 7. The predicted molar refractivity (Wildman–Crippen MR) is 60.9 cm³/mol. The first-order chi connectivity index (χ1) is 9.46. The standard InChI is InChI=1S/C10H15F3N2O6/c1-4(16)6(14)8(19)21-3-2-5(7(17)18)15-9(20)10(11,12)13/h4-6,16H,2-3,14H2,1H3,(H,15,20)(H,17,18)/t4-,5+,6+/m1/s1. The molecule has 0 spiro atoms. The summed E-state index contributed by atoms with van der Waals surface area (Å²) < 4.78 is 40.4. The van der Waals surface area contributed by atoms with Crippen molar-refractivity contribution in [3.05, 3.63) is 0 Å². The Morgan fingerprint density at radius 1 is 1.33 bits per heavy atom. The second-order valence-corrected chi connectivity index (χ2v) is 4.08. The SMILES string of the molecule is C[C@@H](O)[C@H](N)C(=O)OCC[C@H](NC(=O)C(F)(F)F)C(=O)O. The van der Waals surface area contributed by atoms with E-state index in [1.807, 2.05) is 0 Å². The Kier molecular flexibility index (Phi) is 7.09. The normalized spacial score (nSPS) is 15.7. The predicted octanol–water partition coefficient (Wildman–Crippen LogP) is -1.24. The van der Waals surface area contributed by atoms with E-state index in [4.69, 9.17) is 15.9 Å². The molecule has 0 radical (unpaired) electrons. The van der Waals surface area contributed by atoms with Gasteiger partial charge in [0.15, 0.2) is 0 Å². The van der Waals surface area contributed by atoms with Gasteiger partial charge < -0.3 is 26.0 Å². The number of aliphatic hydroxyl groups is 1. The van der Waals surface area contributed by atoms with Crippen molar-refractivity contribution in [1.29, 1.82) is 0 Å². The topological polar surface area (TPSA) is 139 Å². The molecule has 3 atom stereocenters. The smallest absolute Gasteiger partial charge is 0.471 e. The van der Waals surface area contributed by atoms with Crippen LogP contribution in [0.4, 0.5) is 13.2 Å². The Labute approximate surface area is 117 Å². The molecule has 122 valence electrons. The highest BCUT2D eigenvalue weighted by atomic mass is 19.4. The van der Waals surface area contributed by atoms with Crippen LogP contribution in [0.25, 0.3) is 0 Å². The number of alkyl halides is 3. The van der Waals surface area contributed by atoms with Gasteiger partial charge in [0.25, 0.3) is 0 Å². The van der Waals surface area contributed by atoms with Crippen molar-refractivity contribution < 1.29 is 42.5 Å². The Bertz CT molecular complexity index is 399. The molecule has 0 aliphatic heterocycles. The average molecular weight is 316 g/mol. The molecule has 0 aromatic heterocycles. The van der Waals surface area contributed by atoms with E-state index < -0.39 is 55.2 Å². The number of carboxylic acids is 1. The van der Waals surface area contributed by atoms with E-state index in [9.17, 15) is 27.6 Å². The maximum atomic E-state index is 12.0. The molecule has 0 aromatic rings. The first kappa shape index (κ1) is 19.1. The Morgan fingerprint density at radius 2 is 1.86 bits per heavy atom. The fraction of sp³-hybridized carbons (Fsp3) is 0.700. The highest BCUT2D eigenvalue weighted by molar-refractivity contribution is 5.86. The van der Waals surface area contributed by atoms with Gasteiger partial charge in [0, 0.05) is 6.42 Å². The quantitative estimate of drug-likeness (QED) is 0.431.